The monoisotopic (exact) mass is 474 g/mol. The number of para-hydroxylation sites is 2. The van der Waals surface area contributed by atoms with Crippen molar-refractivity contribution in [2.24, 2.45) is 0 Å². The summed E-state index contributed by atoms with van der Waals surface area (Å²) in [6, 6.07) is 19.5. The van der Waals surface area contributed by atoms with Gasteiger partial charge in [0, 0.05) is 36.5 Å². The third-order valence-electron chi connectivity index (χ3n) is 6.54. The molecular weight excluding hydrogens is 440 g/mol. The number of hydrogen-bond acceptors (Lipinski definition) is 4. The summed E-state index contributed by atoms with van der Waals surface area (Å²) in [7, 11) is 2.14. The van der Waals surface area contributed by atoms with Crippen LogP contribution in [0.3, 0.4) is 0 Å². The minimum atomic E-state index is -0.926. The maximum Gasteiger partial charge on any atom is 0.213 e. The van der Waals surface area contributed by atoms with Crippen molar-refractivity contribution in [1.82, 2.24) is 0 Å². The van der Waals surface area contributed by atoms with Crippen molar-refractivity contribution < 1.29 is 14.5 Å². The number of nitrogens with zero attached hydrogens (tertiary/aromatic N) is 2. The van der Waals surface area contributed by atoms with Gasteiger partial charge in [-0.05, 0) is 49.1 Å². The summed E-state index contributed by atoms with van der Waals surface area (Å²) < 4.78 is 2.39. The van der Waals surface area contributed by atoms with Crippen LogP contribution in [-0.4, -0.2) is 13.0 Å². The van der Waals surface area contributed by atoms with Crippen molar-refractivity contribution in [2.75, 3.05) is 11.9 Å². The standard InChI is InChI=1S/C29H34N2O2S/c1-30-26-16-11-12-17-27(26)34-28(30)22-23-19-21-31(25-15-10-9-14-24(23)25)20-13-7-5-3-2-4-6-8-18-29(32)33/h9-12,14-17,19,21-22H,2-8,13,18,20H2,1H3. The molecule has 3 aromatic rings. The maximum absolute atomic E-state index is 10.4. The number of aliphatic carboxylic acids is 1. The number of unbranched alkanes of at least 4 members (excludes halogenated alkanes) is 7. The number of carbonyl (C=O) groups is 1. The molecule has 1 aliphatic rings. The van der Waals surface area contributed by atoms with Crippen molar-refractivity contribution in [1.29, 1.82) is 0 Å². The zero-order valence-electron chi connectivity index (χ0n) is 20.0. The lowest BCUT2D eigenvalue weighted by Gasteiger charge is -2.13. The summed E-state index contributed by atoms with van der Waals surface area (Å²) in [5, 5.41) is 13.0. The summed E-state index contributed by atoms with van der Waals surface area (Å²) in [5.74, 6) is -0.926. The van der Waals surface area contributed by atoms with E-state index in [1.165, 1.54) is 64.2 Å². The minimum absolute atomic E-state index is 0.199. The van der Waals surface area contributed by atoms with E-state index >= 15 is 0 Å². The van der Waals surface area contributed by atoms with Crippen molar-refractivity contribution in [2.45, 2.75) is 69.2 Å². The molecule has 34 heavy (non-hydrogen) atoms. The van der Waals surface area contributed by atoms with E-state index in [2.05, 4.69) is 83.4 Å². The van der Waals surface area contributed by atoms with Crippen LogP contribution in [0.4, 0.5) is 5.69 Å². The van der Waals surface area contributed by atoms with Crippen LogP contribution >= 0.6 is 11.8 Å². The van der Waals surface area contributed by atoms with Gasteiger partial charge in [-0.25, -0.2) is 0 Å². The molecule has 0 bridgehead atoms. The Morgan fingerprint density at radius 1 is 0.912 bits per heavy atom. The molecular formula is C29H34N2O2S. The fourth-order valence-electron chi connectivity index (χ4n) is 4.62. The zero-order valence-corrected chi connectivity index (χ0v) is 20.9. The molecule has 0 N–H and O–H groups in total. The molecule has 0 aliphatic carbocycles. The average Bonchev–Trinajstić information content (AvgIpc) is 3.16. The Morgan fingerprint density at radius 3 is 2.35 bits per heavy atom. The second-order valence-corrected chi connectivity index (χ2v) is 10.1. The van der Waals surface area contributed by atoms with E-state index in [0.717, 1.165) is 25.8 Å². The fraction of sp³-hybridized carbons (Fsp3) is 0.379. The maximum atomic E-state index is 10.4. The Hall–Kier alpha value is -2.79. The molecule has 0 radical (unpaired) electrons. The van der Waals surface area contributed by atoms with Gasteiger partial charge in [0.25, 0.3) is 0 Å². The molecule has 0 saturated heterocycles. The zero-order chi connectivity index (χ0) is 23.8. The molecule has 2 aromatic carbocycles. The molecule has 0 saturated carbocycles. The number of aryl methyl sites for hydroxylation is 1. The molecule has 0 amide bonds. The highest BCUT2D eigenvalue weighted by molar-refractivity contribution is 8.03. The van der Waals surface area contributed by atoms with Crippen LogP contribution in [0, 0.1) is 0 Å². The summed E-state index contributed by atoms with van der Waals surface area (Å²) in [4.78, 5) is 14.0. The highest BCUT2D eigenvalue weighted by Crippen LogP contribution is 2.45. The lowest BCUT2D eigenvalue weighted by atomic mass is 10.1. The van der Waals surface area contributed by atoms with E-state index in [-0.39, 0.29) is 6.42 Å². The molecule has 2 heterocycles. The SMILES string of the molecule is CN1C(=Cc2cc[n+](CCCCCCCCCCC(=O)[O-])c3ccccc23)Sc2ccccc21. The molecule has 1 aliphatic heterocycles. The lowest BCUT2D eigenvalue weighted by molar-refractivity contribution is -0.671. The van der Waals surface area contributed by atoms with E-state index in [4.69, 9.17) is 0 Å². The van der Waals surface area contributed by atoms with Crippen LogP contribution < -0.4 is 14.6 Å². The first-order chi connectivity index (χ1) is 16.6. The van der Waals surface area contributed by atoms with E-state index in [1.807, 2.05) is 11.8 Å². The summed E-state index contributed by atoms with van der Waals surface area (Å²) in [6.07, 6.45) is 13.7. The van der Waals surface area contributed by atoms with Gasteiger partial charge in [0.15, 0.2) is 6.20 Å². The van der Waals surface area contributed by atoms with Gasteiger partial charge in [0.1, 0.15) is 6.54 Å². The van der Waals surface area contributed by atoms with E-state index in [9.17, 15) is 9.90 Å². The molecule has 0 unspecified atom stereocenters. The Kier molecular flexibility index (Phi) is 8.64. The van der Waals surface area contributed by atoms with Crippen LogP contribution in [0.5, 0.6) is 0 Å². The van der Waals surface area contributed by atoms with Crippen molar-refractivity contribution in [3.8, 4) is 0 Å². The highest BCUT2D eigenvalue weighted by Gasteiger charge is 2.22. The number of carboxylic acid groups (broad SMARTS) is 1. The van der Waals surface area contributed by atoms with Crippen LogP contribution in [0.2, 0.25) is 0 Å². The molecule has 4 rings (SSSR count). The quantitative estimate of drug-likeness (QED) is 0.241. The highest BCUT2D eigenvalue weighted by atomic mass is 32.2. The minimum Gasteiger partial charge on any atom is -0.550 e. The van der Waals surface area contributed by atoms with Gasteiger partial charge in [-0.3, -0.25) is 0 Å². The largest absolute Gasteiger partial charge is 0.550 e. The molecule has 1 aromatic heterocycles. The molecule has 0 atom stereocenters. The normalized spacial score (nSPS) is 14.1. The number of carbonyl (C=O) groups excluding carboxylic acids is 1. The van der Waals surface area contributed by atoms with Gasteiger partial charge in [0.05, 0.1) is 16.1 Å². The average molecular weight is 475 g/mol. The smallest absolute Gasteiger partial charge is 0.213 e. The third-order valence-corrected chi connectivity index (χ3v) is 7.71. The van der Waals surface area contributed by atoms with Gasteiger partial charge < -0.3 is 14.8 Å². The van der Waals surface area contributed by atoms with Crippen LogP contribution in [0.25, 0.3) is 17.0 Å². The number of rotatable bonds is 12. The predicted molar refractivity (Wildman–Crippen MR) is 139 cm³/mol. The fourth-order valence-corrected chi connectivity index (χ4v) is 5.72. The van der Waals surface area contributed by atoms with Gasteiger partial charge in [-0.15, -0.1) is 0 Å². The molecule has 0 fully saturated rings. The number of fused-ring (bicyclic) bond motifs is 2. The van der Waals surface area contributed by atoms with Crippen molar-refractivity contribution in [3.63, 3.8) is 0 Å². The first-order valence-electron chi connectivity index (χ1n) is 12.5. The van der Waals surface area contributed by atoms with E-state index in [1.54, 1.807) is 0 Å². The van der Waals surface area contributed by atoms with Gasteiger partial charge in [-0.2, -0.15) is 4.57 Å². The van der Waals surface area contributed by atoms with Crippen molar-refractivity contribution in [3.05, 3.63) is 71.4 Å². The number of pyridine rings is 1. The Labute approximate surface area is 207 Å². The van der Waals surface area contributed by atoms with Crippen LogP contribution in [-0.2, 0) is 11.3 Å². The second kappa shape index (κ2) is 12.1. The second-order valence-electron chi connectivity index (χ2n) is 9.04. The molecule has 5 heteroatoms. The van der Waals surface area contributed by atoms with Crippen molar-refractivity contribution >= 4 is 40.4 Å². The lowest BCUT2D eigenvalue weighted by Crippen LogP contribution is -2.34. The summed E-state index contributed by atoms with van der Waals surface area (Å²) >= 11 is 1.83. The number of thioether (sulfide) groups is 1. The van der Waals surface area contributed by atoms with Gasteiger partial charge >= 0.3 is 0 Å². The molecule has 178 valence electrons. The predicted octanol–water partition coefficient (Wildman–Crippen LogP) is 5.93. The summed E-state index contributed by atoms with van der Waals surface area (Å²) in [5.41, 5.74) is 3.81. The van der Waals surface area contributed by atoms with Gasteiger partial charge in [-0.1, -0.05) is 68.1 Å². The number of anilines is 1. The first-order valence-corrected chi connectivity index (χ1v) is 13.3. The first kappa shape index (κ1) is 24.3. The van der Waals surface area contributed by atoms with Crippen LogP contribution in [0.1, 0.15) is 63.4 Å². The molecule has 4 nitrogen and oxygen atoms in total. The van der Waals surface area contributed by atoms with Gasteiger partial charge in [0.2, 0.25) is 5.52 Å². The van der Waals surface area contributed by atoms with Crippen LogP contribution in [0.15, 0.2) is 70.7 Å². The number of aromatic nitrogens is 1. The molecule has 0 spiro atoms. The number of carboxylic acids is 1. The van der Waals surface area contributed by atoms with E-state index < -0.39 is 5.97 Å². The third kappa shape index (κ3) is 6.20. The Bertz CT molecular complexity index is 1160. The summed E-state index contributed by atoms with van der Waals surface area (Å²) in [6.45, 7) is 1.03. The Balaban J connectivity index is 1.32. The Morgan fingerprint density at radius 2 is 1.59 bits per heavy atom. The number of hydrogen-bond donors (Lipinski definition) is 0. The number of benzene rings is 2. The topological polar surface area (TPSA) is 47.2 Å². The van der Waals surface area contributed by atoms with E-state index in [0.29, 0.717) is 0 Å².